The van der Waals surface area contributed by atoms with Gasteiger partial charge in [0.25, 0.3) is 0 Å². The molecule has 3 aromatic rings. The van der Waals surface area contributed by atoms with Crippen LogP contribution < -0.4 is 0 Å². The molecule has 0 aliphatic carbocycles. The van der Waals surface area contributed by atoms with Crippen molar-refractivity contribution in [2.24, 2.45) is 0 Å². The molecule has 3 rings (SSSR count). The molecule has 0 N–H and O–H groups in total. The highest BCUT2D eigenvalue weighted by Gasteiger charge is 2.10. The van der Waals surface area contributed by atoms with Crippen LogP contribution in [-0.2, 0) is 6.54 Å². The van der Waals surface area contributed by atoms with E-state index in [-0.39, 0.29) is 0 Å². The molecule has 0 fully saturated rings. The van der Waals surface area contributed by atoms with Gasteiger partial charge >= 0.3 is 0 Å². The standard InChI is InChI=1S/C14H11BrClN3/c1-9-18-13-3-2-6-17-14(13)19(9)8-10-4-5-11(16)7-12(10)15/h2-7H,8H2,1H3. The quantitative estimate of drug-likeness (QED) is 0.702. The summed E-state index contributed by atoms with van der Waals surface area (Å²) < 4.78 is 3.10. The van der Waals surface area contributed by atoms with E-state index in [9.17, 15) is 0 Å². The monoisotopic (exact) mass is 335 g/mol. The van der Waals surface area contributed by atoms with E-state index in [4.69, 9.17) is 11.6 Å². The van der Waals surface area contributed by atoms with Crippen molar-refractivity contribution in [3.8, 4) is 0 Å². The molecule has 3 nitrogen and oxygen atoms in total. The lowest BCUT2D eigenvalue weighted by molar-refractivity contribution is 0.775. The minimum Gasteiger partial charge on any atom is -0.308 e. The van der Waals surface area contributed by atoms with Gasteiger partial charge in [-0.3, -0.25) is 0 Å². The zero-order chi connectivity index (χ0) is 13.4. The van der Waals surface area contributed by atoms with E-state index in [1.807, 2.05) is 37.3 Å². The molecule has 0 saturated carbocycles. The molecule has 19 heavy (non-hydrogen) atoms. The maximum atomic E-state index is 5.96. The molecule has 1 aromatic carbocycles. The highest BCUT2D eigenvalue weighted by molar-refractivity contribution is 9.10. The number of imidazole rings is 1. The van der Waals surface area contributed by atoms with Crippen LogP contribution in [0.1, 0.15) is 11.4 Å². The fourth-order valence-corrected chi connectivity index (χ4v) is 2.89. The number of nitrogens with zero attached hydrogens (tertiary/aromatic N) is 3. The average molecular weight is 337 g/mol. The van der Waals surface area contributed by atoms with Crippen LogP contribution in [-0.4, -0.2) is 14.5 Å². The van der Waals surface area contributed by atoms with E-state index in [0.717, 1.165) is 38.6 Å². The molecule has 0 atom stereocenters. The molecule has 0 aliphatic heterocycles. The SMILES string of the molecule is Cc1nc2cccnc2n1Cc1ccc(Cl)cc1Br. The third-order valence-corrected chi connectivity index (χ3v) is 4.01. The Morgan fingerprint density at radius 2 is 2.16 bits per heavy atom. The van der Waals surface area contributed by atoms with Crippen LogP contribution >= 0.6 is 27.5 Å². The molecule has 5 heteroatoms. The van der Waals surface area contributed by atoms with Crippen molar-refractivity contribution in [3.63, 3.8) is 0 Å². The summed E-state index contributed by atoms with van der Waals surface area (Å²) in [6, 6.07) is 9.68. The smallest absolute Gasteiger partial charge is 0.160 e. The van der Waals surface area contributed by atoms with Crippen molar-refractivity contribution in [3.05, 3.63) is 57.4 Å². The van der Waals surface area contributed by atoms with E-state index in [0.29, 0.717) is 0 Å². The van der Waals surface area contributed by atoms with Crippen molar-refractivity contribution in [2.75, 3.05) is 0 Å². The number of hydrogen-bond donors (Lipinski definition) is 0. The van der Waals surface area contributed by atoms with Crippen molar-refractivity contribution in [1.29, 1.82) is 0 Å². The molecule has 0 bridgehead atoms. The first-order valence-electron chi connectivity index (χ1n) is 5.87. The third kappa shape index (κ3) is 2.38. The van der Waals surface area contributed by atoms with Gasteiger partial charge in [0.2, 0.25) is 0 Å². The first-order valence-corrected chi connectivity index (χ1v) is 7.04. The summed E-state index contributed by atoms with van der Waals surface area (Å²) in [6.07, 6.45) is 1.79. The summed E-state index contributed by atoms with van der Waals surface area (Å²) >= 11 is 9.51. The zero-order valence-electron chi connectivity index (χ0n) is 10.3. The van der Waals surface area contributed by atoms with Gasteiger partial charge in [-0.2, -0.15) is 0 Å². The lowest BCUT2D eigenvalue weighted by Crippen LogP contribution is -2.03. The number of pyridine rings is 1. The lowest BCUT2D eigenvalue weighted by Gasteiger charge is -2.08. The summed E-state index contributed by atoms with van der Waals surface area (Å²) in [7, 11) is 0. The Morgan fingerprint density at radius 3 is 2.95 bits per heavy atom. The highest BCUT2D eigenvalue weighted by atomic mass is 79.9. The predicted octanol–water partition coefficient (Wildman–Crippen LogP) is 4.20. The second-order valence-electron chi connectivity index (χ2n) is 4.33. The number of hydrogen-bond acceptors (Lipinski definition) is 2. The average Bonchev–Trinajstić information content (AvgIpc) is 2.69. The van der Waals surface area contributed by atoms with Crippen molar-refractivity contribution < 1.29 is 0 Å². The Labute approximate surface area is 124 Å². The van der Waals surface area contributed by atoms with Crippen LogP contribution in [0, 0.1) is 6.92 Å². The number of aromatic nitrogens is 3. The highest BCUT2D eigenvalue weighted by Crippen LogP contribution is 2.24. The largest absolute Gasteiger partial charge is 0.308 e. The van der Waals surface area contributed by atoms with Gasteiger partial charge in [0, 0.05) is 15.7 Å². The molecule has 2 heterocycles. The van der Waals surface area contributed by atoms with Crippen molar-refractivity contribution >= 4 is 38.7 Å². The Hall–Kier alpha value is -1.39. The van der Waals surface area contributed by atoms with Crippen LogP contribution in [0.15, 0.2) is 41.0 Å². The van der Waals surface area contributed by atoms with E-state index in [1.165, 1.54) is 0 Å². The molecule has 0 spiro atoms. The Bertz CT molecular complexity index is 752. The summed E-state index contributed by atoms with van der Waals surface area (Å²) in [5.41, 5.74) is 2.98. The Kier molecular flexibility index (Phi) is 3.29. The van der Waals surface area contributed by atoms with Crippen LogP contribution in [0.4, 0.5) is 0 Å². The number of aryl methyl sites for hydroxylation is 1. The molecule has 0 amide bonds. The summed E-state index contributed by atoms with van der Waals surface area (Å²) in [5.74, 6) is 0.954. The van der Waals surface area contributed by atoms with E-state index in [2.05, 4.69) is 30.5 Å². The second kappa shape index (κ2) is 4.94. The molecule has 0 saturated heterocycles. The van der Waals surface area contributed by atoms with Gasteiger partial charge in [-0.05, 0) is 36.8 Å². The van der Waals surface area contributed by atoms with Crippen LogP contribution in [0.25, 0.3) is 11.2 Å². The predicted molar refractivity (Wildman–Crippen MR) is 80.5 cm³/mol. The first kappa shape index (κ1) is 12.6. The first-order chi connectivity index (χ1) is 9.15. The number of rotatable bonds is 2. The molecular weight excluding hydrogens is 326 g/mol. The fourth-order valence-electron chi connectivity index (χ4n) is 2.08. The van der Waals surface area contributed by atoms with Gasteiger partial charge < -0.3 is 4.57 Å². The molecule has 2 aromatic heterocycles. The Morgan fingerprint density at radius 1 is 1.32 bits per heavy atom. The van der Waals surface area contributed by atoms with Crippen LogP contribution in [0.3, 0.4) is 0 Å². The van der Waals surface area contributed by atoms with Gasteiger partial charge in [-0.15, -0.1) is 0 Å². The van der Waals surface area contributed by atoms with Gasteiger partial charge in [-0.1, -0.05) is 33.6 Å². The summed E-state index contributed by atoms with van der Waals surface area (Å²) in [4.78, 5) is 8.92. The van der Waals surface area contributed by atoms with Gasteiger partial charge in [0.05, 0.1) is 6.54 Å². The minimum absolute atomic E-state index is 0.719. The van der Waals surface area contributed by atoms with Gasteiger partial charge in [-0.25, -0.2) is 9.97 Å². The Balaban J connectivity index is 2.08. The normalized spacial score (nSPS) is 11.1. The maximum Gasteiger partial charge on any atom is 0.160 e. The van der Waals surface area contributed by atoms with Crippen LogP contribution in [0.5, 0.6) is 0 Å². The fraction of sp³-hybridized carbons (Fsp3) is 0.143. The molecule has 0 radical (unpaired) electrons. The van der Waals surface area contributed by atoms with Crippen molar-refractivity contribution in [1.82, 2.24) is 14.5 Å². The number of benzene rings is 1. The van der Waals surface area contributed by atoms with E-state index < -0.39 is 0 Å². The van der Waals surface area contributed by atoms with Gasteiger partial charge in [0.1, 0.15) is 11.3 Å². The summed E-state index contributed by atoms with van der Waals surface area (Å²) in [5, 5.41) is 0.723. The second-order valence-corrected chi connectivity index (χ2v) is 5.62. The van der Waals surface area contributed by atoms with Gasteiger partial charge in [0.15, 0.2) is 5.65 Å². The van der Waals surface area contributed by atoms with E-state index >= 15 is 0 Å². The number of halogens is 2. The molecule has 0 aliphatic rings. The zero-order valence-corrected chi connectivity index (χ0v) is 12.6. The lowest BCUT2D eigenvalue weighted by atomic mass is 10.2. The van der Waals surface area contributed by atoms with E-state index in [1.54, 1.807) is 6.20 Å². The third-order valence-electron chi connectivity index (χ3n) is 3.04. The maximum absolute atomic E-state index is 5.96. The number of fused-ring (bicyclic) bond motifs is 1. The topological polar surface area (TPSA) is 30.7 Å². The summed E-state index contributed by atoms with van der Waals surface area (Å²) in [6.45, 7) is 2.71. The molecular formula is C14H11BrClN3. The minimum atomic E-state index is 0.719. The van der Waals surface area contributed by atoms with Crippen LogP contribution in [0.2, 0.25) is 5.02 Å². The molecule has 0 unspecified atom stereocenters. The van der Waals surface area contributed by atoms with Crippen molar-refractivity contribution in [2.45, 2.75) is 13.5 Å². The molecule has 96 valence electrons.